The smallest absolute Gasteiger partial charge is 0.299 e. The Morgan fingerprint density at radius 3 is 2.68 bits per heavy atom. The number of benzene rings is 2. The molecule has 8 nitrogen and oxygen atoms in total. The van der Waals surface area contributed by atoms with Crippen LogP contribution in [0.25, 0.3) is 22.6 Å². The summed E-state index contributed by atoms with van der Waals surface area (Å²) in [5, 5.41) is 2.50. The molecule has 34 heavy (non-hydrogen) atoms. The molecule has 2 aromatic heterocycles. The highest BCUT2D eigenvalue weighted by Gasteiger charge is 2.31. The van der Waals surface area contributed by atoms with Crippen molar-refractivity contribution in [3.8, 4) is 28.3 Å². The first kappa shape index (κ1) is 22.1. The molecule has 0 radical (unpaired) electrons. The number of pyridine rings is 1. The van der Waals surface area contributed by atoms with Crippen LogP contribution in [0.5, 0.6) is 5.75 Å². The average Bonchev–Trinajstić information content (AvgIpc) is 3.58. The van der Waals surface area contributed by atoms with Gasteiger partial charge in [0.25, 0.3) is 6.01 Å². The van der Waals surface area contributed by atoms with Crippen molar-refractivity contribution in [3.63, 3.8) is 0 Å². The van der Waals surface area contributed by atoms with Gasteiger partial charge in [-0.1, -0.05) is 24.3 Å². The van der Waals surface area contributed by atoms with Gasteiger partial charge in [0.1, 0.15) is 5.75 Å². The minimum absolute atomic E-state index is 0.196. The van der Waals surface area contributed by atoms with E-state index in [4.69, 9.17) is 13.9 Å². The van der Waals surface area contributed by atoms with Crippen LogP contribution < -0.4 is 10.1 Å². The normalized spacial score (nSPS) is 15.9. The van der Waals surface area contributed by atoms with Crippen LogP contribution in [0.2, 0.25) is 0 Å². The lowest BCUT2D eigenvalue weighted by Crippen LogP contribution is -2.21. The molecule has 1 N–H and O–H groups in total. The number of nitrogens with zero attached hydrogens (tertiary/aromatic N) is 2. The molecule has 1 fully saturated rings. The fourth-order valence-electron chi connectivity index (χ4n) is 3.86. The highest BCUT2D eigenvalue weighted by Crippen LogP contribution is 2.34. The second-order valence-corrected chi connectivity index (χ2v) is 10.1. The molecule has 3 heterocycles. The van der Waals surface area contributed by atoms with Gasteiger partial charge in [-0.05, 0) is 42.8 Å². The highest BCUT2D eigenvalue weighted by molar-refractivity contribution is 7.92. The van der Waals surface area contributed by atoms with Gasteiger partial charge < -0.3 is 19.2 Å². The molecule has 9 heteroatoms. The third kappa shape index (κ3) is 4.40. The van der Waals surface area contributed by atoms with Crippen molar-refractivity contribution in [1.82, 2.24) is 9.97 Å². The number of oxazole rings is 1. The third-order valence-electron chi connectivity index (χ3n) is 5.68. The van der Waals surface area contributed by atoms with Gasteiger partial charge in [0.05, 0.1) is 41.4 Å². The van der Waals surface area contributed by atoms with Gasteiger partial charge in [-0.2, -0.15) is 0 Å². The van der Waals surface area contributed by atoms with Crippen LogP contribution >= 0.6 is 0 Å². The van der Waals surface area contributed by atoms with E-state index in [2.05, 4.69) is 15.3 Å². The molecule has 0 saturated carbocycles. The molecule has 5 rings (SSSR count). The van der Waals surface area contributed by atoms with Crippen molar-refractivity contribution >= 4 is 21.5 Å². The van der Waals surface area contributed by atoms with Gasteiger partial charge in [0.15, 0.2) is 15.6 Å². The SMILES string of the molecule is COc1ccc(S(=O)(=O)C2CCOC2)cc1Nc1ncc(-c2cccc(-c3ccccn3)c2)o1. The van der Waals surface area contributed by atoms with Crippen molar-refractivity contribution in [2.75, 3.05) is 25.6 Å². The van der Waals surface area contributed by atoms with Crippen LogP contribution in [-0.2, 0) is 14.6 Å². The summed E-state index contributed by atoms with van der Waals surface area (Å²) in [6.07, 6.45) is 3.85. The predicted molar refractivity (Wildman–Crippen MR) is 128 cm³/mol. The highest BCUT2D eigenvalue weighted by atomic mass is 32.2. The Balaban J connectivity index is 1.42. The predicted octanol–water partition coefficient (Wildman–Crippen LogP) is 4.72. The zero-order chi connectivity index (χ0) is 23.5. The lowest BCUT2D eigenvalue weighted by Gasteiger charge is -2.14. The van der Waals surface area contributed by atoms with Gasteiger partial charge in [-0.3, -0.25) is 4.98 Å². The van der Waals surface area contributed by atoms with Crippen LogP contribution in [0.15, 0.2) is 82.4 Å². The van der Waals surface area contributed by atoms with Gasteiger partial charge >= 0.3 is 0 Å². The van der Waals surface area contributed by atoms with Crippen LogP contribution in [0, 0.1) is 0 Å². The van der Waals surface area contributed by atoms with Crippen LogP contribution in [-0.4, -0.2) is 44.0 Å². The maximum atomic E-state index is 13.0. The molecular formula is C25H23N3O5S. The maximum absolute atomic E-state index is 13.0. The molecule has 0 aliphatic carbocycles. The first-order valence-corrected chi connectivity index (χ1v) is 12.3. The number of rotatable bonds is 7. The average molecular weight is 478 g/mol. The van der Waals surface area contributed by atoms with Crippen LogP contribution in [0.3, 0.4) is 0 Å². The minimum atomic E-state index is -3.52. The Morgan fingerprint density at radius 1 is 1.03 bits per heavy atom. The number of hydrogen-bond acceptors (Lipinski definition) is 8. The first-order valence-electron chi connectivity index (χ1n) is 10.8. The summed E-state index contributed by atoms with van der Waals surface area (Å²) in [5.74, 6) is 1.03. The second kappa shape index (κ2) is 9.28. The van der Waals surface area contributed by atoms with E-state index >= 15 is 0 Å². The van der Waals surface area contributed by atoms with E-state index in [9.17, 15) is 8.42 Å². The zero-order valence-corrected chi connectivity index (χ0v) is 19.3. The van der Waals surface area contributed by atoms with E-state index < -0.39 is 15.1 Å². The van der Waals surface area contributed by atoms with E-state index in [1.54, 1.807) is 24.5 Å². The molecule has 1 unspecified atom stereocenters. The summed E-state index contributed by atoms with van der Waals surface area (Å²) in [5.41, 5.74) is 3.10. The maximum Gasteiger partial charge on any atom is 0.299 e. The Hall–Kier alpha value is -3.69. The molecule has 174 valence electrons. The quantitative estimate of drug-likeness (QED) is 0.408. The molecular weight excluding hydrogens is 454 g/mol. The summed E-state index contributed by atoms with van der Waals surface area (Å²) in [6, 6.07) is 18.5. The molecule has 1 atom stereocenters. The number of nitrogens with one attached hydrogen (secondary N) is 1. The molecule has 1 aliphatic heterocycles. The van der Waals surface area contributed by atoms with Crippen molar-refractivity contribution < 1.29 is 22.3 Å². The molecule has 4 aromatic rings. The van der Waals surface area contributed by atoms with Crippen LogP contribution in [0.1, 0.15) is 6.42 Å². The largest absolute Gasteiger partial charge is 0.495 e. The van der Waals surface area contributed by atoms with E-state index in [-0.39, 0.29) is 17.5 Å². The number of anilines is 2. The minimum Gasteiger partial charge on any atom is -0.495 e. The van der Waals surface area contributed by atoms with Crippen molar-refractivity contribution in [2.24, 2.45) is 0 Å². The zero-order valence-electron chi connectivity index (χ0n) is 18.5. The van der Waals surface area contributed by atoms with Crippen molar-refractivity contribution in [1.29, 1.82) is 0 Å². The Labute approximate surface area is 197 Å². The number of methoxy groups -OCH3 is 1. The van der Waals surface area contributed by atoms with Gasteiger partial charge in [-0.25, -0.2) is 13.4 Å². The summed E-state index contributed by atoms with van der Waals surface area (Å²) < 4.78 is 42.6. The number of ether oxygens (including phenoxy) is 2. The fraction of sp³-hybridized carbons (Fsp3) is 0.200. The number of aromatic nitrogens is 2. The molecule has 1 saturated heterocycles. The monoisotopic (exact) mass is 477 g/mol. The standard InChI is InChI=1S/C25H23N3O5S/c1-31-23-9-8-19(34(29,30)20-10-12-32-16-20)14-22(23)28-25-27-15-24(33-25)18-6-4-5-17(13-18)21-7-2-3-11-26-21/h2-9,11,13-15,20H,10,12,16H2,1H3,(H,27,28). The van der Waals surface area contributed by atoms with E-state index in [1.165, 1.54) is 13.2 Å². The van der Waals surface area contributed by atoms with Gasteiger partial charge in [0.2, 0.25) is 0 Å². The number of sulfone groups is 1. The Bertz CT molecular complexity index is 1400. The Morgan fingerprint density at radius 2 is 1.91 bits per heavy atom. The van der Waals surface area contributed by atoms with Crippen molar-refractivity contribution in [3.05, 3.63) is 73.1 Å². The summed E-state index contributed by atoms with van der Waals surface area (Å²) in [6.45, 7) is 0.656. The van der Waals surface area contributed by atoms with E-state index in [0.717, 1.165) is 16.8 Å². The topological polar surface area (TPSA) is 104 Å². The first-order chi connectivity index (χ1) is 16.5. The molecule has 0 amide bonds. The molecule has 0 spiro atoms. The summed E-state index contributed by atoms with van der Waals surface area (Å²) in [4.78, 5) is 8.90. The van der Waals surface area contributed by atoms with Gasteiger partial charge in [0, 0.05) is 23.9 Å². The summed E-state index contributed by atoms with van der Waals surface area (Å²) >= 11 is 0. The molecule has 1 aliphatic rings. The molecule has 0 bridgehead atoms. The lowest BCUT2D eigenvalue weighted by atomic mass is 10.1. The van der Waals surface area contributed by atoms with Crippen LogP contribution in [0.4, 0.5) is 11.7 Å². The van der Waals surface area contributed by atoms with Gasteiger partial charge in [-0.15, -0.1) is 0 Å². The van der Waals surface area contributed by atoms with Crippen molar-refractivity contribution in [2.45, 2.75) is 16.6 Å². The number of hydrogen-bond donors (Lipinski definition) is 1. The molecule has 2 aromatic carbocycles. The Kier molecular flexibility index (Phi) is 6.04. The lowest BCUT2D eigenvalue weighted by molar-refractivity contribution is 0.198. The van der Waals surface area contributed by atoms with E-state index in [0.29, 0.717) is 30.2 Å². The van der Waals surface area contributed by atoms with E-state index in [1.807, 2.05) is 42.5 Å². The fourth-order valence-corrected chi connectivity index (χ4v) is 5.46. The summed E-state index contributed by atoms with van der Waals surface area (Å²) in [7, 11) is -2.01. The second-order valence-electron chi connectivity index (χ2n) is 7.84. The third-order valence-corrected chi connectivity index (χ3v) is 7.84.